The van der Waals surface area contributed by atoms with Crippen LogP contribution in [-0.4, -0.2) is 31.8 Å². The Bertz CT molecular complexity index is 442. The summed E-state index contributed by atoms with van der Waals surface area (Å²) in [5, 5.41) is 6.68. The molecule has 0 radical (unpaired) electrons. The number of benzene rings is 1. The Morgan fingerprint density at radius 2 is 2.05 bits per heavy atom. The van der Waals surface area contributed by atoms with Crippen molar-refractivity contribution >= 4 is 29.9 Å². The molecule has 2 rings (SSSR count). The van der Waals surface area contributed by atoms with Crippen LogP contribution in [0.3, 0.4) is 0 Å². The van der Waals surface area contributed by atoms with Crippen LogP contribution >= 0.6 is 24.0 Å². The maximum absolute atomic E-state index is 5.63. The smallest absolute Gasteiger partial charge is 0.191 e. The number of guanidine groups is 1. The van der Waals surface area contributed by atoms with Crippen LogP contribution in [0.15, 0.2) is 29.3 Å². The van der Waals surface area contributed by atoms with E-state index >= 15 is 0 Å². The molecule has 0 bridgehead atoms. The van der Waals surface area contributed by atoms with Crippen molar-refractivity contribution in [3.05, 3.63) is 35.4 Å². The van der Waals surface area contributed by atoms with E-state index in [1.54, 1.807) is 0 Å². The van der Waals surface area contributed by atoms with Crippen LogP contribution in [0.25, 0.3) is 0 Å². The molecule has 0 aliphatic carbocycles. The Hall–Kier alpha value is -0.820. The Labute approximate surface area is 151 Å². The van der Waals surface area contributed by atoms with Gasteiger partial charge in [0.15, 0.2) is 5.96 Å². The van der Waals surface area contributed by atoms with Gasteiger partial charge in [0.25, 0.3) is 0 Å². The number of nitrogens with zero attached hydrogens (tertiary/aromatic N) is 1. The summed E-state index contributed by atoms with van der Waals surface area (Å²) in [6.07, 6.45) is 3.87. The minimum atomic E-state index is 0. The first kappa shape index (κ1) is 19.2. The first-order valence-electron chi connectivity index (χ1n) is 7.97. The summed E-state index contributed by atoms with van der Waals surface area (Å²) in [5.41, 5.74) is 2.52. The van der Waals surface area contributed by atoms with Gasteiger partial charge < -0.3 is 15.4 Å². The van der Waals surface area contributed by atoms with Crippen molar-refractivity contribution in [2.24, 2.45) is 4.99 Å². The molecule has 5 heteroatoms. The van der Waals surface area contributed by atoms with Crippen molar-refractivity contribution < 1.29 is 4.74 Å². The summed E-state index contributed by atoms with van der Waals surface area (Å²) in [6.45, 7) is 7.60. The third-order valence-corrected chi connectivity index (χ3v) is 3.67. The predicted octanol–water partition coefficient (Wildman–Crippen LogP) is 3.24. The maximum atomic E-state index is 5.63. The first-order chi connectivity index (χ1) is 10.3. The molecule has 1 atom stereocenters. The number of rotatable bonds is 6. The van der Waals surface area contributed by atoms with Gasteiger partial charge in [0.2, 0.25) is 0 Å². The highest BCUT2D eigenvalue weighted by molar-refractivity contribution is 14.0. The average Bonchev–Trinajstić information content (AvgIpc) is 3.00. The molecule has 1 aromatic rings. The van der Waals surface area contributed by atoms with Gasteiger partial charge in [-0.1, -0.05) is 29.8 Å². The molecule has 1 heterocycles. The Kier molecular flexibility index (Phi) is 9.47. The van der Waals surface area contributed by atoms with Gasteiger partial charge in [-0.2, -0.15) is 0 Å². The van der Waals surface area contributed by atoms with E-state index < -0.39 is 0 Å². The number of aryl methyl sites for hydroxylation is 1. The second kappa shape index (κ2) is 10.8. The molecular formula is C17H28IN3O. The van der Waals surface area contributed by atoms with Crippen molar-refractivity contribution in [1.82, 2.24) is 10.6 Å². The number of ether oxygens (including phenoxy) is 1. The quantitative estimate of drug-likeness (QED) is 0.425. The van der Waals surface area contributed by atoms with Gasteiger partial charge in [-0.15, -0.1) is 24.0 Å². The summed E-state index contributed by atoms with van der Waals surface area (Å²) >= 11 is 0. The summed E-state index contributed by atoms with van der Waals surface area (Å²) < 4.78 is 5.63. The Morgan fingerprint density at radius 3 is 2.68 bits per heavy atom. The highest BCUT2D eigenvalue weighted by Gasteiger charge is 2.14. The fourth-order valence-corrected chi connectivity index (χ4v) is 2.43. The zero-order valence-corrected chi connectivity index (χ0v) is 15.9. The van der Waals surface area contributed by atoms with Crippen LogP contribution < -0.4 is 10.6 Å². The van der Waals surface area contributed by atoms with Crippen molar-refractivity contribution in [2.45, 2.75) is 45.8 Å². The van der Waals surface area contributed by atoms with Gasteiger partial charge in [-0.05, 0) is 38.7 Å². The van der Waals surface area contributed by atoms with E-state index in [1.165, 1.54) is 24.0 Å². The molecule has 0 saturated carbocycles. The largest absolute Gasteiger partial charge is 0.378 e. The van der Waals surface area contributed by atoms with Gasteiger partial charge in [0.05, 0.1) is 12.6 Å². The number of nitrogens with one attached hydrogen (secondary N) is 2. The first-order valence-corrected chi connectivity index (χ1v) is 7.97. The molecule has 22 heavy (non-hydrogen) atoms. The normalized spacial score (nSPS) is 17.9. The average molecular weight is 417 g/mol. The molecule has 124 valence electrons. The molecule has 2 N–H and O–H groups in total. The van der Waals surface area contributed by atoms with Crippen molar-refractivity contribution in [3.63, 3.8) is 0 Å². The van der Waals surface area contributed by atoms with Gasteiger partial charge >= 0.3 is 0 Å². The Balaban J connectivity index is 0.00000242. The molecule has 1 aromatic carbocycles. The molecule has 1 aliphatic rings. The minimum Gasteiger partial charge on any atom is -0.378 e. The third-order valence-electron chi connectivity index (χ3n) is 3.67. The molecule has 0 spiro atoms. The second-order valence-electron chi connectivity index (χ2n) is 5.53. The highest BCUT2D eigenvalue weighted by Crippen LogP contribution is 2.14. The van der Waals surface area contributed by atoms with E-state index in [-0.39, 0.29) is 24.0 Å². The molecule has 1 fully saturated rings. The van der Waals surface area contributed by atoms with Gasteiger partial charge in [0.1, 0.15) is 0 Å². The molecule has 1 saturated heterocycles. The monoisotopic (exact) mass is 417 g/mol. The van der Waals surface area contributed by atoms with Crippen LogP contribution in [0.2, 0.25) is 0 Å². The summed E-state index contributed by atoms with van der Waals surface area (Å²) in [7, 11) is 0. The lowest BCUT2D eigenvalue weighted by Crippen LogP contribution is -2.38. The van der Waals surface area contributed by atoms with Crippen LogP contribution in [0, 0.1) is 6.92 Å². The maximum Gasteiger partial charge on any atom is 0.191 e. The topological polar surface area (TPSA) is 45.7 Å². The summed E-state index contributed by atoms with van der Waals surface area (Å²) in [5.74, 6) is 0.885. The fourth-order valence-electron chi connectivity index (χ4n) is 2.43. The zero-order chi connectivity index (χ0) is 14.9. The molecule has 0 aromatic heterocycles. The zero-order valence-electron chi connectivity index (χ0n) is 13.6. The predicted molar refractivity (Wildman–Crippen MR) is 103 cm³/mol. The number of aliphatic imine (C=N–C) groups is 1. The van der Waals surface area contributed by atoms with Gasteiger partial charge in [-0.3, -0.25) is 0 Å². The lowest BCUT2D eigenvalue weighted by molar-refractivity contribution is 0.105. The minimum absolute atomic E-state index is 0. The molecule has 1 aliphatic heterocycles. The standard InChI is InChI=1S/C17H27N3O.HI/c1-3-18-17(19-11-10-16-5-4-12-21-16)20-13-15-8-6-14(2)7-9-15;/h6-9,16H,3-5,10-13H2,1-2H3,(H2,18,19,20);1H. The number of hydrogen-bond donors (Lipinski definition) is 2. The van der Waals surface area contributed by atoms with Crippen LogP contribution in [0.5, 0.6) is 0 Å². The van der Waals surface area contributed by atoms with E-state index in [4.69, 9.17) is 4.74 Å². The second-order valence-corrected chi connectivity index (χ2v) is 5.53. The van der Waals surface area contributed by atoms with Crippen molar-refractivity contribution in [2.75, 3.05) is 19.7 Å². The third kappa shape index (κ3) is 6.96. The van der Waals surface area contributed by atoms with Gasteiger partial charge in [0, 0.05) is 19.7 Å². The van der Waals surface area contributed by atoms with E-state index in [9.17, 15) is 0 Å². The van der Waals surface area contributed by atoms with E-state index in [0.29, 0.717) is 12.6 Å². The fraction of sp³-hybridized carbons (Fsp3) is 0.588. The highest BCUT2D eigenvalue weighted by atomic mass is 127. The lowest BCUT2D eigenvalue weighted by Gasteiger charge is -2.13. The lowest BCUT2D eigenvalue weighted by atomic mass is 10.1. The molecule has 0 amide bonds. The Morgan fingerprint density at radius 1 is 1.27 bits per heavy atom. The SMILES string of the molecule is CCNC(=NCc1ccc(C)cc1)NCCC1CCCO1.I. The van der Waals surface area contributed by atoms with E-state index in [0.717, 1.165) is 32.1 Å². The van der Waals surface area contributed by atoms with Crippen LogP contribution in [0.1, 0.15) is 37.3 Å². The van der Waals surface area contributed by atoms with E-state index in [2.05, 4.69) is 53.7 Å². The summed E-state index contributed by atoms with van der Waals surface area (Å²) in [4.78, 5) is 4.63. The number of halogens is 1. The van der Waals surface area contributed by atoms with E-state index in [1.807, 2.05) is 0 Å². The van der Waals surface area contributed by atoms with Crippen LogP contribution in [-0.2, 0) is 11.3 Å². The van der Waals surface area contributed by atoms with Crippen molar-refractivity contribution in [3.8, 4) is 0 Å². The van der Waals surface area contributed by atoms with Crippen LogP contribution in [0.4, 0.5) is 0 Å². The molecule has 1 unspecified atom stereocenters. The molecular weight excluding hydrogens is 389 g/mol. The van der Waals surface area contributed by atoms with Crippen molar-refractivity contribution in [1.29, 1.82) is 0 Å². The van der Waals surface area contributed by atoms with Gasteiger partial charge in [-0.25, -0.2) is 4.99 Å². The molecule has 4 nitrogen and oxygen atoms in total. The number of hydrogen-bond acceptors (Lipinski definition) is 2. The summed E-state index contributed by atoms with van der Waals surface area (Å²) in [6, 6.07) is 8.52.